The lowest BCUT2D eigenvalue weighted by Crippen LogP contribution is -2.41. The standard InChI is InChI=1S/C22H23BO4S2/c1-21(2)22(3,4)27-23(26-21)16-11-13-10-15(25-6)17-18(20(13)29-16)14(24-5)9-12-7-8-28-19(12)17/h7-11H,1-6H3. The Kier molecular flexibility index (Phi) is 4.20. The van der Waals surface area contributed by atoms with E-state index >= 15 is 0 Å². The lowest BCUT2D eigenvalue weighted by atomic mass is 9.87. The molecule has 3 heterocycles. The van der Waals surface area contributed by atoms with Gasteiger partial charge in [-0.2, -0.15) is 0 Å². The quantitative estimate of drug-likeness (QED) is 0.401. The van der Waals surface area contributed by atoms with Gasteiger partial charge >= 0.3 is 7.12 Å². The first-order valence-electron chi connectivity index (χ1n) is 9.60. The first-order valence-corrected chi connectivity index (χ1v) is 11.3. The molecule has 5 rings (SSSR count). The van der Waals surface area contributed by atoms with Crippen LogP contribution in [0.4, 0.5) is 0 Å². The van der Waals surface area contributed by atoms with E-state index in [0.717, 1.165) is 37.1 Å². The number of fused-ring (bicyclic) bond motifs is 5. The van der Waals surface area contributed by atoms with Crippen molar-refractivity contribution in [3.8, 4) is 11.5 Å². The van der Waals surface area contributed by atoms with Crippen molar-refractivity contribution in [3.63, 3.8) is 0 Å². The summed E-state index contributed by atoms with van der Waals surface area (Å²) in [5, 5.41) is 6.58. The van der Waals surface area contributed by atoms with Crippen LogP contribution in [0.25, 0.3) is 30.9 Å². The van der Waals surface area contributed by atoms with Crippen LogP contribution in [-0.2, 0) is 9.31 Å². The molecule has 0 radical (unpaired) electrons. The summed E-state index contributed by atoms with van der Waals surface area (Å²) < 4.78 is 27.6. The molecule has 0 aliphatic carbocycles. The average molecular weight is 426 g/mol. The summed E-state index contributed by atoms with van der Waals surface area (Å²) in [6.07, 6.45) is 0. The molecule has 0 spiro atoms. The summed E-state index contributed by atoms with van der Waals surface area (Å²) in [4.78, 5) is 0. The van der Waals surface area contributed by atoms with Crippen LogP contribution < -0.4 is 14.3 Å². The fraction of sp³-hybridized carbons (Fsp3) is 0.364. The molecule has 2 aromatic heterocycles. The Bertz CT molecular complexity index is 1240. The number of benzene rings is 2. The normalized spacial score (nSPS) is 18.2. The number of ether oxygens (including phenoxy) is 2. The Hall–Kier alpha value is -1.80. The molecular formula is C22H23BO4S2. The van der Waals surface area contributed by atoms with Crippen LogP contribution in [-0.4, -0.2) is 32.5 Å². The van der Waals surface area contributed by atoms with Gasteiger partial charge in [0.25, 0.3) is 0 Å². The van der Waals surface area contributed by atoms with Gasteiger partial charge < -0.3 is 18.8 Å². The number of rotatable bonds is 3. The van der Waals surface area contributed by atoms with Gasteiger partial charge in [-0.15, -0.1) is 22.7 Å². The summed E-state index contributed by atoms with van der Waals surface area (Å²) >= 11 is 3.43. The van der Waals surface area contributed by atoms with Gasteiger partial charge in [0.1, 0.15) is 11.5 Å². The summed E-state index contributed by atoms with van der Waals surface area (Å²) in [6.45, 7) is 8.31. The van der Waals surface area contributed by atoms with Crippen molar-refractivity contribution in [1.82, 2.24) is 0 Å². The molecule has 0 unspecified atom stereocenters. The Morgan fingerprint density at radius 1 is 0.828 bits per heavy atom. The predicted octanol–water partition coefficient (Wildman–Crippen LogP) is 5.59. The number of methoxy groups -OCH3 is 2. The molecular weight excluding hydrogens is 403 g/mol. The van der Waals surface area contributed by atoms with Crippen molar-refractivity contribution in [1.29, 1.82) is 0 Å². The molecule has 0 amide bonds. The smallest absolute Gasteiger partial charge is 0.496 e. The zero-order chi connectivity index (χ0) is 20.6. The van der Waals surface area contributed by atoms with E-state index in [1.165, 1.54) is 10.1 Å². The zero-order valence-corrected chi connectivity index (χ0v) is 19.0. The molecule has 0 saturated carbocycles. The molecule has 4 aromatic rings. The summed E-state index contributed by atoms with van der Waals surface area (Å²) in [6, 6.07) is 8.50. The largest absolute Gasteiger partial charge is 0.505 e. The average Bonchev–Trinajstić information content (AvgIpc) is 3.35. The monoisotopic (exact) mass is 426 g/mol. The third kappa shape index (κ3) is 2.71. The predicted molar refractivity (Wildman–Crippen MR) is 124 cm³/mol. The lowest BCUT2D eigenvalue weighted by molar-refractivity contribution is 0.00578. The highest BCUT2D eigenvalue weighted by Crippen LogP contribution is 2.46. The third-order valence-electron chi connectivity index (χ3n) is 6.17. The van der Waals surface area contributed by atoms with Crippen LogP contribution in [0.3, 0.4) is 0 Å². The highest BCUT2D eigenvalue weighted by molar-refractivity contribution is 7.29. The van der Waals surface area contributed by atoms with Crippen molar-refractivity contribution in [2.75, 3.05) is 14.2 Å². The molecule has 0 bridgehead atoms. The summed E-state index contributed by atoms with van der Waals surface area (Å²) in [7, 11) is 3.07. The first-order chi connectivity index (χ1) is 13.8. The molecule has 1 saturated heterocycles. The molecule has 150 valence electrons. The molecule has 0 N–H and O–H groups in total. The Labute approximate surface area is 178 Å². The van der Waals surface area contributed by atoms with Crippen molar-refractivity contribution in [2.45, 2.75) is 38.9 Å². The van der Waals surface area contributed by atoms with Gasteiger partial charge in [-0.05, 0) is 68.1 Å². The topological polar surface area (TPSA) is 36.9 Å². The fourth-order valence-corrected chi connectivity index (χ4v) is 5.97. The molecule has 4 nitrogen and oxygen atoms in total. The van der Waals surface area contributed by atoms with Crippen molar-refractivity contribution < 1.29 is 18.8 Å². The molecule has 1 aliphatic rings. The minimum absolute atomic E-state index is 0.367. The van der Waals surface area contributed by atoms with Gasteiger partial charge in [-0.1, -0.05) is 0 Å². The molecule has 0 atom stereocenters. The van der Waals surface area contributed by atoms with Gasteiger partial charge in [-0.3, -0.25) is 0 Å². The molecule has 1 fully saturated rings. The van der Waals surface area contributed by atoms with E-state index in [2.05, 4.69) is 57.3 Å². The van der Waals surface area contributed by atoms with Crippen LogP contribution >= 0.6 is 22.7 Å². The van der Waals surface area contributed by atoms with E-state index in [0.29, 0.717) is 0 Å². The van der Waals surface area contributed by atoms with E-state index in [1.807, 2.05) is 0 Å². The minimum Gasteiger partial charge on any atom is -0.496 e. The van der Waals surface area contributed by atoms with E-state index in [-0.39, 0.29) is 18.3 Å². The maximum Gasteiger partial charge on any atom is 0.505 e. The Morgan fingerprint density at radius 2 is 1.41 bits per heavy atom. The van der Waals surface area contributed by atoms with Crippen LogP contribution in [0.15, 0.2) is 29.6 Å². The van der Waals surface area contributed by atoms with Crippen LogP contribution in [0.1, 0.15) is 27.7 Å². The fourth-order valence-electron chi connectivity index (χ4n) is 3.89. The van der Waals surface area contributed by atoms with Gasteiger partial charge in [0.2, 0.25) is 0 Å². The van der Waals surface area contributed by atoms with Crippen LogP contribution in [0.2, 0.25) is 0 Å². The SMILES string of the molecule is COc1cc2cc(B3OC(C)(C)C(C)(C)O3)sc2c2c(OC)cc3ccsc3c12. The highest BCUT2D eigenvalue weighted by atomic mass is 32.1. The zero-order valence-electron chi connectivity index (χ0n) is 17.4. The third-order valence-corrected chi connectivity index (χ3v) is 8.31. The van der Waals surface area contributed by atoms with Gasteiger partial charge in [-0.25, -0.2) is 0 Å². The number of hydrogen-bond acceptors (Lipinski definition) is 6. The summed E-state index contributed by atoms with van der Waals surface area (Å²) in [5.41, 5.74) is -0.733. The minimum atomic E-state index is -0.380. The lowest BCUT2D eigenvalue weighted by Gasteiger charge is -2.32. The van der Waals surface area contributed by atoms with E-state index < -0.39 is 0 Å². The first kappa shape index (κ1) is 19.2. The molecule has 2 aromatic carbocycles. The van der Waals surface area contributed by atoms with Crippen molar-refractivity contribution in [3.05, 3.63) is 29.6 Å². The van der Waals surface area contributed by atoms with Gasteiger partial charge in [0.05, 0.1) is 25.4 Å². The number of hydrogen-bond donors (Lipinski definition) is 0. The van der Waals surface area contributed by atoms with Gasteiger partial charge in [0.15, 0.2) is 0 Å². The second kappa shape index (κ2) is 6.35. The summed E-state index contributed by atoms with van der Waals surface area (Å²) in [5.74, 6) is 1.72. The Balaban J connectivity index is 1.79. The maximum atomic E-state index is 6.29. The van der Waals surface area contributed by atoms with Crippen LogP contribution in [0.5, 0.6) is 11.5 Å². The van der Waals surface area contributed by atoms with Gasteiger partial charge in [0, 0.05) is 24.9 Å². The molecule has 7 heteroatoms. The van der Waals surface area contributed by atoms with E-state index in [9.17, 15) is 0 Å². The van der Waals surface area contributed by atoms with Crippen LogP contribution in [0, 0.1) is 0 Å². The molecule has 1 aliphatic heterocycles. The number of thiophene rings is 2. The van der Waals surface area contributed by atoms with E-state index in [4.69, 9.17) is 18.8 Å². The maximum absolute atomic E-state index is 6.29. The van der Waals surface area contributed by atoms with E-state index in [1.54, 1.807) is 36.9 Å². The highest BCUT2D eigenvalue weighted by Gasteiger charge is 2.52. The molecule has 29 heavy (non-hydrogen) atoms. The van der Waals surface area contributed by atoms with Crippen molar-refractivity contribution >= 4 is 65.5 Å². The van der Waals surface area contributed by atoms with Crippen molar-refractivity contribution in [2.24, 2.45) is 0 Å². The second-order valence-corrected chi connectivity index (χ2v) is 10.4. The Morgan fingerprint density at radius 3 is 2.03 bits per heavy atom. The second-order valence-electron chi connectivity index (χ2n) is 8.40.